The molecule has 0 aliphatic heterocycles. The molecular formula is C42H49ClFN5O7. The van der Waals surface area contributed by atoms with Gasteiger partial charge in [0.05, 0.1) is 63.3 Å². The lowest BCUT2D eigenvalue weighted by molar-refractivity contribution is 0.0404. The molecule has 1 unspecified atom stereocenters. The highest BCUT2D eigenvalue weighted by Crippen LogP contribution is 2.44. The molecule has 3 aromatic heterocycles. The molecule has 0 saturated heterocycles. The predicted molar refractivity (Wildman–Crippen MR) is 213 cm³/mol. The third kappa shape index (κ3) is 8.47. The summed E-state index contributed by atoms with van der Waals surface area (Å²) in [7, 11) is 4.87. The molecule has 0 saturated carbocycles. The van der Waals surface area contributed by atoms with Crippen molar-refractivity contribution >= 4 is 39.2 Å². The maximum Gasteiger partial charge on any atom is 0.354 e. The van der Waals surface area contributed by atoms with Crippen LogP contribution in [0.2, 0.25) is 5.02 Å². The van der Waals surface area contributed by atoms with Crippen LogP contribution in [-0.2, 0) is 58.5 Å². The first kappa shape index (κ1) is 40.9. The Labute approximate surface area is 330 Å². The van der Waals surface area contributed by atoms with Gasteiger partial charge in [0.1, 0.15) is 17.3 Å². The number of ether oxygens (including phenoxy) is 4. The molecule has 0 amide bonds. The lowest BCUT2D eigenvalue weighted by Crippen LogP contribution is -2.15. The molecule has 3 heterocycles. The van der Waals surface area contributed by atoms with Gasteiger partial charge in [0.25, 0.3) is 0 Å². The summed E-state index contributed by atoms with van der Waals surface area (Å²) in [5, 5.41) is 32.5. The van der Waals surface area contributed by atoms with E-state index < -0.39 is 12.1 Å². The molecule has 0 spiro atoms. The lowest BCUT2D eigenvalue weighted by atomic mass is 9.95. The smallest absolute Gasteiger partial charge is 0.354 e. The van der Waals surface area contributed by atoms with Gasteiger partial charge in [-0.15, -0.1) is 0 Å². The van der Waals surface area contributed by atoms with Crippen molar-refractivity contribution in [1.29, 1.82) is 0 Å². The zero-order valence-corrected chi connectivity index (χ0v) is 33.5. The van der Waals surface area contributed by atoms with Crippen molar-refractivity contribution in [1.82, 2.24) is 24.1 Å². The first-order chi connectivity index (χ1) is 27.0. The standard InChI is InChI=1S/C42H49ClFN5O7/c1-25-37-35(48(14-7-16-50)40(25)42(52)54-6)13-12-34(43)39(37)38-26(2)45-49(15-17-55-19-18-53-5)41(38)27(3)56-24-31-23-32(47(4)46-31)10-8-28-20-29-22-30(44)9-11-33(29)36(51)21-28/h9,11-13,20-23,27,50-51H,7-8,10,14-19,24H2,1-6H3. The monoisotopic (exact) mass is 789 g/mol. The summed E-state index contributed by atoms with van der Waals surface area (Å²) in [6.45, 7) is 8.10. The minimum atomic E-state index is -0.486. The minimum absolute atomic E-state index is 0.0355. The number of carbonyl (C=O) groups is 1. The summed E-state index contributed by atoms with van der Waals surface area (Å²) in [4.78, 5) is 13.2. The Morgan fingerprint density at radius 3 is 2.54 bits per heavy atom. The number of carbonyl (C=O) groups excluding carboxylic acids is 1. The predicted octanol–water partition coefficient (Wildman–Crippen LogP) is 7.40. The normalized spacial score (nSPS) is 12.3. The summed E-state index contributed by atoms with van der Waals surface area (Å²) in [5.74, 6) is -0.703. The number of rotatable bonds is 18. The molecule has 0 radical (unpaired) electrons. The maximum atomic E-state index is 13.9. The van der Waals surface area contributed by atoms with E-state index in [0.29, 0.717) is 79.2 Å². The minimum Gasteiger partial charge on any atom is -0.507 e. The van der Waals surface area contributed by atoms with Crippen LogP contribution < -0.4 is 0 Å². The van der Waals surface area contributed by atoms with Crippen LogP contribution in [0.15, 0.2) is 48.5 Å². The van der Waals surface area contributed by atoms with E-state index in [9.17, 15) is 19.4 Å². The van der Waals surface area contributed by atoms with E-state index in [-0.39, 0.29) is 24.8 Å². The van der Waals surface area contributed by atoms with Gasteiger partial charge < -0.3 is 33.7 Å². The Morgan fingerprint density at radius 2 is 1.79 bits per heavy atom. The number of phenolic OH excluding ortho intramolecular Hbond substituents is 1. The van der Waals surface area contributed by atoms with Crippen LogP contribution in [0.4, 0.5) is 4.39 Å². The quantitative estimate of drug-likeness (QED) is 0.0675. The number of benzene rings is 3. The molecule has 0 fully saturated rings. The van der Waals surface area contributed by atoms with Gasteiger partial charge in [-0.2, -0.15) is 10.2 Å². The fourth-order valence-electron chi connectivity index (χ4n) is 7.53. The van der Waals surface area contributed by atoms with Gasteiger partial charge in [0.15, 0.2) is 0 Å². The molecule has 0 bridgehead atoms. The van der Waals surface area contributed by atoms with Gasteiger partial charge in [-0.1, -0.05) is 17.7 Å². The summed E-state index contributed by atoms with van der Waals surface area (Å²) in [6.07, 6.45) is 1.23. The molecule has 2 N–H and O–H groups in total. The van der Waals surface area contributed by atoms with E-state index in [1.54, 1.807) is 19.2 Å². The molecule has 0 aliphatic carbocycles. The number of esters is 1. The van der Waals surface area contributed by atoms with Crippen LogP contribution in [-0.4, -0.2) is 81.0 Å². The molecule has 0 aliphatic rings. The molecule has 1 atom stereocenters. The number of aromatic nitrogens is 5. The van der Waals surface area contributed by atoms with Crippen LogP contribution in [0.1, 0.15) is 63.8 Å². The molecule has 3 aromatic carbocycles. The van der Waals surface area contributed by atoms with Crippen molar-refractivity contribution in [3.05, 3.63) is 99.0 Å². The third-order valence-corrected chi connectivity index (χ3v) is 10.5. The van der Waals surface area contributed by atoms with Gasteiger partial charge in [-0.05, 0) is 99.0 Å². The fourth-order valence-corrected chi connectivity index (χ4v) is 7.78. The van der Waals surface area contributed by atoms with Crippen LogP contribution >= 0.6 is 11.6 Å². The highest BCUT2D eigenvalue weighted by Gasteiger charge is 2.30. The molecule has 6 rings (SSSR count). The Kier molecular flexibility index (Phi) is 13.1. The van der Waals surface area contributed by atoms with E-state index in [0.717, 1.165) is 50.4 Å². The van der Waals surface area contributed by atoms with E-state index in [1.807, 2.05) is 66.0 Å². The van der Waals surface area contributed by atoms with Crippen LogP contribution in [0.3, 0.4) is 0 Å². The number of halogens is 2. The number of aromatic hydroxyl groups is 1. The van der Waals surface area contributed by atoms with Gasteiger partial charge in [-0.25, -0.2) is 9.18 Å². The number of hydrogen-bond acceptors (Lipinski definition) is 9. The van der Waals surface area contributed by atoms with Crippen molar-refractivity contribution in [2.45, 2.75) is 65.8 Å². The van der Waals surface area contributed by atoms with Crippen LogP contribution in [0, 0.1) is 19.7 Å². The number of aryl methyl sites for hydroxylation is 6. The summed E-state index contributed by atoms with van der Waals surface area (Å²) < 4.78 is 42.3. The Morgan fingerprint density at radius 1 is 0.982 bits per heavy atom. The van der Waals surface area contributed by atoms with Crippen LogP contribution in [0.25, 0.3) is 32.8 Å². The van der Waals surface area contributed by atoms with Crippen molar-refractivity contribution in [3.8, 4) is 16.9 Å². The van der Waals surface area contributed by atoms with Gasteiger partial charge >= 0.3 is 5.97 Å². The Balaban J connectivity index is 1.31. The first-order valence-corrected chi connectivity index (χ1v) is 19.0. The van der Waals surface area contributed by atoms with Gasteiger partial charge in [-0.3, -0.25) is 9.36 Å². The second kappa shape index (κ2) is 18.0. The summed E-state index contributed by atoms with van der Waals surface area (Å²) in [6, 6.07) is 13.7. The van der Waals surface area contributed by atoms with Crippen LogP contribution in [0.5, 0.6) is 5.75 Å². The largest absolute Gasteiger partial charge is 0.507 e. The molecule has 56 heavy (non-hydrogen) atoms. The average Bonchev–Trinajstić information content (AvgIpc) is 3.80. The van der Waals surface area contributed by atoms with Crippen molar-refractivity contribution in [2.75, 3.05) is 40.6 Å². The Hall–Kier alpha value is -4.79. The molecule has 298 valence electrons. The first-order valence-electron chi connectivity index (χ1n) is 18.7. The van der Waals surface area contributed by atoms with Gasteiger partial charge in [0.2, 0.25) is 0 Å². The second-order valence-corrected chi connectivity index (χ2v) is 14.3. The molecular weight excluding hydrogens is 741 g/mol. The number of methoxy groups -OCH3 is 2. The van der Waals surface area contributed by atoms with Crippen molar-refractivity contribution in [2.24, 2.45) is 7.05 Å². The number of phenols is 1. The fraction of sp³-hybridized carbons (Fsp3) is 0.405. The van der Waals surface area contributed by atoms with E-state index >= 15 is 0 Å². The second-order valence-electron chi connectivity index (χ2n) is 13.9. The average molecular weight is 790 g/mol. The molecule has 6 aromatic rings. The highest BCUT2D eigenvalue weighted by atomic mass is 35.5. The van der Waals surface area contributed by atoms with E-state index in [4.69, 9.17) is 40.7 Å². The SMILES string of the molecule is COCCOCCn1nc(C)c(-c2c(Cl)ccc3c2c(C)c(C(=O)OC)n3CCCO)c1C(C)OCc1cc(CCc2cc(O)c3ccc(F)cc3c2)n(C)n1. The summed E-state index contributed by atoms with van der Waals surface area (Å²) >= 11 is 7.09. The zero-order chi connectivity index (χ0) is 40.1. The Bertz CT molecular complexity index is 2350. The number of aliphatic hydroxyl groups excluding tert-OH is 1. The van der Waals surface area contributed by atoms with Crippen molar-refractivity contribution in [3.63, 3.8) is 0 Å². The van der Waals surface area contributed by atoms with E-state index in [2.05, 4.69) is 0 Å². The third-order valence-electron chi connectivity index (χ3n) is 10.2. The molecule has 12 nitrogen and oxygen atoms in total. The maximum absolute atomic E-state index is 13.9. The zero-order valence-electron chi connectivity index (χ0n) is 32.7. The number of hydrogen-bond donors (Lipinski definition) is 2. The lowest BCUT2D eigenvalue weighted by Gasteiger charge is -2.19. The van der Waals surface area contributed by atoms with Crippen molar-refractivity contribution < 1.29 is 38.3 Å². The van der Waals surface area contributed by atoms with Gasteiger partial charge in [0, 0.05) is 65.4 Å². The summed E-state index contributed by atoms with van der Waals surface area (Å²) in [5.41, 5.74) is 7.55. The molecule has 14 heteroatoms. The number of fused-ring (bicyclic) bond motifs is 2. The number of aliphatic hydroxyl groups is 1. The topological polar surface area (TPSA) is 135 Å². The highest BCUT2D eigenvalue weighted by molar-refractivity contribution is 6.35. The number of nitrogens with zero attached hydrogens (tertiary/aromatic N) is 5. The van der Waals surface area contributed by atoms with E-state index in [1.165, 1.54) is 19.2 Å².